The van der Waals surface area contributed by atoms with E-state index in [-0.39, 0.29) is 50.0 Å². The largest absolute Gasteiger partial charge is 0.464 e. The summed E-state index contributed by atoms with van der Waals surface area (Å²) in [5, 5.41) is 16.0. The maximum absolute atomic E-state index is 14.6. The van der Waals surface area contributed by atoms with E-state index in [9.17, 15) is 24.3 Å². The number of aliphatic imine (C=N–C) groups is 2. The van der Waals surface area contributed by atoms with E-state index in [1.54, 1.807) is 20.4 Å². The third kappa shape index (κ3) is 10.7. The summed E-state index contributed by atoms with van der Waals surface area (Å²) in [5.41, 5.74) is 9.75. The molecule has 2 fully saturated rings. The van der Waals surface area contributed by atoms with Crippen LogP contribution < -0.4 is 10.7 Å². The maximum Gasteiger partial charge on any atom is 0.324 e. The van der Waals surface area contributed by atoms with Crippen molar-refractivity contribution in [1.82, 2.24) is 30.2 Å². The molecular weight excluding hydrogens is 825 g/mol. The van der Waals surface area contributed by atoms with Crippen molar-refractivity contribution >= 4 is 40.6 Å². The van der Waals surface area contributed by atoms with Gasteiger partial charge >= 0.3 is 5.97 Å². The first kappa shape index (κ1) is 47.2. The first-order valence-corrected chi connectivity index (χ1v) is 22.9. The number of amides is 3. The Labute approximate surface area is 381 Å². The molecule has 4 aromatic rings. The number of nitrogens with one attached hydrogen (secondary N) is 2. The zero-order valence-electron chi connectivity index (χ0n) is 38.9. The Balaban J connectivity index is 1.23. The number of nitrogens with zero attached hydrogens (tertiary/aromatic N) is 6. The lowest BCUT2D eigenvalue weighted by Gasteiger charge is -2.36. The van der Waals surface area contributed by atoms with Crippen molar-refractivity contribution in [3.8, 4) is 22.4 Å². The van der Waals surface area contributed by atoms with Gasteiger partial charge in [-0.05, 0) is 91.0 Å². The van der Waals surface area contributed by atoms with Gasteiger partial charge in [-0.25, -0.2) is 15.4 Å². The van der Waals surface area contributed by atoms with Crippen LogP contribution in [-0.4, -0.2) is 118 Å². The molecule has 0 unspecified atom stereocenters. The van der Waals surface area contributed by atoms with Crippen molar-refractivity contribution in [2.75, 3.05) is 40.5 Å². The normalized spacial score (nSPS) is 19.7. The second-order valence-corrected chi connectivity index (χ2v) is 18.9. The van der Waals surface area contributed by atoms with E-state index in [4.69, 9.17) is 9.47 Å². The van der Waals surface area contributed by atoms with Crippen molar-refractivity contribution in [2.24, 2.45) is 21.3 Å². The number of cyclic esters (lactones) is 1. The maximum atomic E-state index is 14.6. The monoisotopic (exact) mass is 888 g/mol. The van der Waals surface area contributed by atoms with Crippen LogP contribution in [-0.2, 0) is 54.6 Å². The molecule has 3 atom stereocenters. The number of aromatic nitrogens is 2. The van der Waals surface area contributed by atoms with E-state index in [2.05, 4.69) is 75.3 Å². The molecule has 3 amide bonds. The minimum absolute atomic E-state index is 0.0548. The second-order valence-electron chi connectivity index (χ2n) is 18.9. The van der Waals surface area contributed by atoms with Crippen LogP contribution in [0.4, 0.5) is 0 Å². The molecule has 3 N–H and O–H groups in total. The average molecular weight is 889 g/mol. The lowest BCUT2D eigenvalue weighted by atomic mass is 9.84. The standard InChI is InChI=1S/C50H64N8O7/c1-8-57-42-15-14-35-25-37(42)38(45(57)39-27-51-20-16-36(39)28-59)26-49(4,5)29-65-48(63)40-13-10-22-58(55-40)47(62)41(24-33-11-9-12-34(35)23-33)54-46(61)44(32(2)3)56(6)43(60)17-21-52-31-53-50(18-19-50)30-64-7/h9,11-12,14-16,20,23,25,27,32,40-41,44,55,59H,8,10,13,17-19,21-22,24,26,28-30H2,1-7H3,(H,54,61)/t40-,41-,44-/m0/s1. The van der Waals surface area contributed by atoms with Gasteiger partial charge in [0.1, 0.15) is 18.1 Å². The van der Waals surface area contributed by atoms with Gasteiger partial charge in [0.15, 0.2) is 0 Å². The molecular formula is C50H64N8O7. The van der Waals surface area contributed by atoms with Gasteiger partial charge in [0.05, 0.1) is 43.6 Å². The summed E-state index contributed by atoms with van der Waals surface area (Å²) >= 11 is 0. The highest BCUT2D eigenvalue weighted by atomic mass is 16.5. The molecule has 15 heteroatoms. The zero-order chi connectivity index (χ0) is 46.5. The molecule has 0 spiro atoms. The van der Waals surface area contributed by atoms with Crippen LogP contribution in [0.1, 0.15) is 83.4 Å². The van der Waals surface area contributed by atoms with Crippen LogP contribution in [0, 0.1) is 11.3 Å². The minimum atomic E-state index is -1.04. The van der Waals surface area contributed by atoms with Gasteiger partial charge in [-0.1, -0.05) is 58.0 Å². The Bertz CT molecular complexity index is 2470. The second kappa shape index (κ2) is 20.2. The number of aliphatic hydroxyl groups is 1. The molecule has 2 aromatic heterocycles. The summed E-state index contributed by atoms with van der Waals surface area (Å²) in [6.45, 7) is 11.6. The predicted molar refractivity (Wildman–Crippen MR) is 249 cm³/mol. The molecule has 0 radical (unpaired) electrons. The van der Waals surface area contributed by atoms with Crippen molar-refractivity contribution < 1.29 is 33.8 Å². The highest BCUT2D eigenvalue weighted by Gasteiger charge is 2.43. The van der Waals surface area contributed by atoms with Crippen molar-refractivity contribution in [3.05, 3.63) is 77.6 Å². The Hall–Kier alpha value is -5.73. The topological polar surface area (TPSA) is 180 Å². The summed E-state index contributed by atoms with van der Waals surface area (Å²) in [6.07, 6.45) is 7.10. The van der Waals surface area contributed by atoms with Crippen LogP contribution >= 0.6 is 0 Å². The number of carbonyl (C=O) groups excluding carboxylic acids is 4. The first-order chi connectivity index (χ1) is 31.2. The molecule has 1 saturated heterocycles. The summed E-state index contributed by atoms with van der Waals surface area (Å²) < 4.78 is 13.6. The van der Waals surface area contributed by atoms with E-state index in [0.29, 0.717) is 39.0 Å². The fraction of sp³-hybridized carbons (Fsp3) is 0.520. The Morgan fingerprint density at radius 2 is 1.92 bits per heavy atom. The number of rotatable bonds is 13. The number of ether oxygens (including phenoxy) is 2. The Kier molecular flexibility index (Phi) is 14.7. The predicted octanol–water partition coefficient (Wildman–Crippen LogP) is 5.76. The number of hydrogen-bond donors (Lipinski definition) is 3. The molecule has 1 saturated carbocycles. The molecule has 1 aliphatic carbocycles. The van der Waals surface area contributed by atoms with E-state index < -0.39 is 41.3 Å². The summed E-state index contributed by atoms with van der Waals surface area (Å²) in [5.74, 6) is -1.88. The fourth-order valence-electron chi connectivity index (χ4n) is 9.27. The number of hydrogen-bond acceptors (Lipinski definition) is 11. The summed E-state index contributed by atoms with van der Waals surface area (Å²) in [6, 6.07) is 16.3. The van der Waals surface area contributed by atoms with Crippen LogP contribution in [0.25, 0.3) is 33.3 Å². The van der Waals surface area contributed by atoms with Crippen molar-refractivity contribution in [2.45, 2.75) is 116 Å². The van der Waals surface area contributed by atoms with Crippen LogP contribution in [0.5, 0.6) is 0 Å². The smallest absolute Gasteiger partial charge is 0.324 e. The fourth-order valence-corrected chi connectivity index (χ4v) is 9.27. The highest BCUT2D eigenvalue weighted by Crippen LogP contribution is 2.41. The van der Waals surface area contributed by atoms with E-state index in [0.717, 1.165) is 62.8 Å². The Morgan fingerprint density at radius 3 is 2.65 bits per heavy atom. The molecule has 2 aliphatic heterocycles. The van der Waals surface area contributed by atoms with E-state index in [1.165, 1.54) is 9.91 Å². The summed E-state index contributed by atoms with van der Waals surface area (Å²) in [7, 11) is 3.24. The third-order valence-electron chi connectivity index (χ3n) is 12.9. The number of esters is 1. The van der Waals surface area contributed by atoms with Crippen LogP contribution in [0.15, 0.2) is 70.9 Å². The lowest BCUT2D eigenvalue weighted by molar-refractivity contribution is -0.155. The van der Waals surface area contributed by atoms with E-state index >= 15 is 0 Å². The molecule has 2 aromatic carbocycles. The lowest BCUT2D eigenvalue weighted by Crippen LogP contribution is -2.62. The van der Waals surface area contributed by atoms with Gasteiger partial charge in [0.25, 0.3) is 5.91 Å². The third-order valence-corrected chi connectivity index (χ3v) is 12.9. The number of benzene rings is 2. The molecule has 6 bridgehead atoms. The molecule has 15 nitrogen and oxygen atoms in total. The van der Waals surface area contributed by atoms with Gasteiger partial charge in [-0.2, -0.15) is 0 Å². The van der Waals surface area contributed by atoms with Crippen LogP contribution in [0.3, 0.4) is 0 Å². The molecule has 7 rings (SSSR count). The minimum Gasteiger partial charge on any atom is -0.464 e. The Morgan fingerprint density at radius 1 is 1.14 bits per heavy atom. The van der Waals surface area contributed by atoms with Gasteiger partial charge in [-0.15, -0.1) is 0 Å². The molecule has 346 valence electrons. The van der Waals surface area contributed by atoms with E-state index in [1.807, 2.05) is 50.4 Å². The van der Waals surface area contributed by atoms with Gasteiger partial charge in [-0.3, -0.25) is 29.2 Å². The number of pyridine rings is 1. The SMILES string of the molecule is CCn1c(-c2cnccc2CO)c2c3cc(ccc31)-c1cccc(c1)C[C@H](NC(=O)[C@H](C(C)C)N(C)C(=O)CCN=C=NC1(COC)CC1)C(=O)N1CCC[C@H](N1)C(=O)OCC(C)(C)C2. The zero-order valence-corrected chi connectivity index (χ0v) is 38.9. The van der Waals surface area contributed by atoms with Crippen molar-refractivity contribution in [3.63, 3.8) is 0 Å². The number of carbonyl (C=O) groups is 4. The summed E-state index contributed by atoms with van der Waals surface area (Å²) in [4.78, 5) is 70.9. The number of aliphatic hydroxyl groups excluding tert-OH is 1. The molecule has 3 aliphatic rings. The number of methoxy groups -OCH3 is 1. The van der Waals surface area contributed by atoms with Gasteiger partial charge in [0, 0.05) is 74.4 Å². The van der Waals surface area contributed by atoms with Crippen LogP contribution in [0.2, 0.25) is 0 Å². The number of likely N-dealkylation sites (N-methyl/N-ethyl adjacent to an activating group) is 1. The number of hydrazine groups is 1. The average Bonchev–Trinajstić information content (AvgIpc) is 4.00. The highest BCUT2D eigenvalue weighted by molar-refractivity contribution is 5.96. The molecule has 4 heterocycles. The number of fused-ring (bicyclic) bond motifs is 6. The number of aryl methyl sites for hydroxylation is 1. The molecule has 65 heavy (non-hydrogen) atoms. The van der Waals surface area contributed by atoms with Crippen molar-refractivity contribution in [1.29, 1.82) is 0 Å². The van der Waals surface area contributed by atoms with Gasteiger partial charge in [0.2, 0.25) is 11.8 Å². The quantitative estimate of drug-likeness (QED) is 0.111. The van der Waals surface area contributed by atoms with Gasteiger partial charge < -0.3 is 29.4 Å². The first-order valence-electron chi connectivity index (χ1n) is 22.9.